The molecule has 0 saturated heterocycles. The molecule has 0 aliphatic rings. The van der Waals surface area contributed by atoms with E-state index in [9.17, 15) is 4.79 Å². The van der Waals surface area contributed by atoms with Gasteiger partial charge in [0.05, 0.1) is 11.7 Å². The summed E-state index contributed by atoms with van der Waals surface area (Å²) in [7, 11) is 0. The van der Waals surface area contributed by atoms with Gasteiger partial charge in [-0.2, -0.15) is 5.10 Å². The van der Waals surface area contributed by atoms with Crippen LogP contribution >= 0.6 is 0 Å². The summed E-state index contributed by atoms with van der Waals surface area (Å²) in [6, 6.07) is 5.52. The molecule has 0 unspecified atom stereocenters. The van der Waals surface area contributed by atoms with Gasteiger partial charge < -0.3 is 9.73 Å². The molecular formula is C15H18N4O2. The minimum atomic E-state index is -0.433. The molecule has 0 fully saturated rings. The number of hydrogen-bond acceptors (Lipinski definition) is 4. The predicted molar refractivity (Wildman–Crippen MR) is 81.2 cm³/mol. The van der Waals surface area contributed by atoms with E-state index in [1.807, 2.05) is 29.2 Å². The van der Waals surface area contributed by atoms with Crippen molar-refractivity contribution < 1.29 is 4.42 Å². The maximum Gasteiger partial charge on any atom is 0.417 e. The minimum Gasteiger partial charge on any atom is -0.408 e. The van der Waals surface area contributed by atoms with Crippen molar-refractivity contribution in [1.29, 1.82) is 0 Å². The lowest BCUT2D eigenvalue weighted by atomic mass is 10.2. The number of benzene rings is 1. The zero-order valence-electron chi connectivity index (χ0n) is 12.1. The zero-order chi connectivity index (χ0) is 14.8. The van der Waals surface area contributed by atoms with Gasteiger partial charge in [-0.25, -0.2) is 4.79 Å². The SMILES string of the molecule is CC(C)Cn1cc(CNc2ccc3oc(=O)[nH]c3c2)cn1. The summed E-state index contributed by atoms with van der Waals surface area (Å²) < 4.78 is 6.93. The summed E-state index contributed by atoms with van der Waals surface area (Å²) in [6.07, 6.45) is 3.92. The molecular weight excluding hydrogens is 268 g/mol. The number of aromatic nitrogens is 3. The molecule has 6 nitrogen and oxygen atoms in total. The van der Waals surface area contributed by atoms with Gasteiger partial charge in [0.1, 0.15) is 0 Å². The van der Waals surface area contributed by atoms with Crippen molar-refractivity contribution >= 4 is 16.8 Å². The quantitative estimate of drug-likeness (QED) is 0.756. The number of rotatable bonds is 5. The number of oxazole rings is 1. The second-order valence-corrected chi connectivity index (χ2v) is 5.54. The molecule has 1 aromatic carbocycles. The number of nitrogens with one attached hydrogen (secondary N) is 2. The van der Waals surface area contributed by atoms with Crippen molar-refractivity contribution in [3.05, 3.63) is 46.7 Å². The van der Waals surface area contributed by atoms with Crippen molar-refractivity contribution in [3.63, 3.8) is 0 Å². The Hall–Kier alpha value is -2.50. The molecule has 110 valence electrons. The molecule has 2 aromatic heterocycles. The topological polar surface area (TPSA) is 75.8 Å². The van der Waals surface area contributed by atoms with Crippen molar-refractivity contribution in [2.24, 2.45) is 5.92 Å². The first-order valence-corrected chi connectivity index (χ1v) is 6.98. The number of fused-ring (bicyclic) bond motifs is 1. The molecule has 0 atom stereocenters. The smallest absolute Gasteiger partial charge is 0.408 e. The van der Waals surface area contributed by atoms with Gasteiger partial charge in [-0.1, -0.05) is 13.8 Å². The fraction of sp³-hybridized carbons (Fsp3) is 0.333. The zero-order valence-corrected chi connectivity index (χ0v) is 12.1. The third-order valence-electron chi connectivity index (χ3n) is 3.15. The maximum atomic E-state index is 11.1. The monoisotopic (exact) mass is 286 g/mol. The van der Waals surface area contributed by atoms with E-state index in [1.54, 1.807) is 6.07 Å². The van der Waals surface area contributed by atoms with Crippen LogP contribution in [-0.4, -0.2) is 14.8 Å². The molecule has 0 aliphatic heterocycles. The Morgan fingerprint density at radius 3 is 3.10 bits per heavy atom. The van der Waals surface area contributed by atoms with Crippen LogP contribution in [0.25, 0.3) is 11.1 Å². The number of aromatic amines is 1. The van der Waals surface area contributed by atoms with Crippen LogP contribution in [0.3, 0.4) is 0 Å². The molecule has 0 aliphatic carbocycles. The summed E-state index contributed by atoms with van der Waals surface area (Å²) in [5.74, 6) is 0.142. The third kappa shape index (κ3) is 3.16. The number of H-pyrrole nitrogens is 1. The Morgan fingerprint density at radius 1 is 1.43 bits per heavy atom. The molecule has 0 amide bonds. The maximum absolute atomic E-state index is 11.1. The molecule has 0 bridgehead atoms. The summed E-state index contributed by atoms with van der Waals surface area (Å²) in [5.41, 5.74) is 3.31. The highest BCUT2D eigenvalue weighted by atomic mass is 16.4. The van der Waals surface area contributed by atoms with Crippen LogP contribution in [0.2, 0.25) is 0 Å². The lowest BCUT2D eigenvalue weighted by Gasteiger charge is -2.05. The molecule has 21 heavy (non-hydrogen) atoms. The lowest BCUT2D eigenvalue weighted by Crippen LogP contribution is -2.04. The Bertz CT molecular complexity index is 797. The van der Waals surface area contributed by atoms with Crippen molar-refractivity contribution in [2.75, 3.05) is 5.32 Å². The summed E-state index contributed by atoms with van der Waals surface area (Å²) in [5, 5.41) is 7.65. The van der Waals surface area contributed by atoms with E-state index < -0.39 is 5.76 Å². The van der Waals surface area contributed by atoms with Crippen LogP contribution in [0.5, 0.6) is 0 Å². The van der Waals surface area contributed by atoms with Crippen molar-refractivity contribution in [2.45, 2.75) is 26.9 Å². The Labute approximate surface area is 121 Å². The van der Waals surface area contributed by atoms with Crippen LogP contribution in [0, 0.1) is 5.92 Å². The fourth-order valence-electron chi connectivity index (χ4n) is 2.24. The first-order chi connectivity index (χ1) is 10.1. The van der Waals surface area contributed by atoms with E-state index in [0.29, 0.717) is 23.6 Å². The van der Waals surface area contributed by atoms with Gasteiger partial charge in [0.15, 0.2) is 5.58 Å². The molecule has 6 heteroatoms. The van der Waals surface area contributed by atoms with Gasteiger partial charge in [0.25, 0.3) is 0 Å². The highest BCUT2D eigenvalue weighted by Gasteiger charge is 2.04. The van der Waals surface area contributed by atoms with Gasteiger partial charge >= 0.3 is 5.76 Å². The Balaban J connectivity index is 1.68. The molecule has 0 spiro atoms. The van der Waals surface area contributed by atoms with Crippen LogP contribution < -0.4 is 11.1 Å². The normalized spacial score (nSPS) is 11.4. The van der Waals surface area contributed by atoms with Gasteiger partial charge in [-0.05, 0) is 24.1 Å². The average Bonchev–Trinajstić information content (AvgIpc) is 3.00. The Kier molecular flexibility index (Phi) is 3.51. The number of nitrogens with zero attached hydrogens (tertiary/aromatic N) is 2. The van der Waals surface area contributed by atoms with Gasteiger partial charge in [-0.15, -0.1) is 0 Å². The standard InChI is InChI=1S/C15H18N4O2/c1-10(2)8-19-9-11(7-17-19)6-16-12-3-4-14-13(5-12)18-15(20)21-14/h3-5,7,9-10,16H,6,8H2,1-2H3,(H,18,20). The lowest BCUT2D eigenvalue weighted by molar-refractivity contribution is 0.483. The number of anilines is 1. The van der Waals surface area contributed by atoms with Gasteiger partial charge in [0.2, 0.25) is 0 Å². The van der Waals surface area contributed by atoms with Crippen molar-refractivity contribution in [3.8, 4) is 0 Å². The first-order valence-electron chi connectivity index (χ1n) is 6.98. The van der Waals surface area contributed by atoms with Gasteiger partial charge in [0, 0.05) is 30.5 Å². The van der Waals surface area contributed by atoms with E-state index in [4.69, 9.17) is 4.42 Å². The number of hydrogen-bond donors (Lipinski definition) is 2. The molecule has 3 aromatic rings. The van der Waals surface area contributed by atoms with E-state index in [0.717, 1.165) is 17.8 Å². The summed E-state index contributed by atoms with van der Waals surface area (Å²) >= 11 is 0. The minimum absolute atomic E-state index is 0.433. The van der Waals surface area contributed by atoms with E-state index >= 15 is 0 Å². The first kappa shape index (κ1) is 13.5. The highest BCUT2D eigenvalue weighted by molar-refractivity contribution is 5.76. The second kappa shape index (κ2) is 5.47. The van der Waals surface area contributed by atoms with Crippen LogP contribution in [0.1, 0.15) is 19.4 Å². The van der Waals surface area contributed by atoms with E-state index in [1.165, 1.54) is 0 Å². The molecule has 0 saturated carbocycles. The molecule has 3 rings (SSSR count). The Morgan fingerprint density at radius 2 is 2.29 bits per heavy atom. The van der Waals surface area contributed by atoms with E-state index in [2.05, 4.69) is 29.2 Å². The van der Waals surface area contributed by atoms with Crippen molar-refractivity contribution in [1.82, 2.24) is 14.8 Å². The average molecular weight is 286 g/mol. The van der Waals surface area contributed by atoms with Crippen LogP contribution in [-0.2, 0) is 13.1 Å². The summed E-state index contributed by atoms with van der Waals surface area (Å²) in [4.78, 5) is 13.8. The van der Waals surface area contributed by atoms with Crippen LogP contribution in [0.4, 0.5) is 5.69 Å². The van der Waals surface area contributed by atoms with E-state index in [-0.39, 0.29) is 0 Å². The molecule has 2 N–H and O–H groups in total. The largest absolute Gasteiger partial charge is 0.417 e. The van der Waals surface area contributed by atoms with Crippen LogP contribution in [0.15, 0.2) is 39.8 Å². The molecule has 0 radical (unpaired) electrons. The third-order valence-corrected chi connectivity index (χ3v) is 3.15. The second-order valence-electron chi connectivity index (χ2n) is 5.54. The summed E-state index contributed by atoms with van der Waals surface area (Å²) in [6.45, 7) is 5.94. The highest BCUT2D eigenvalue weighted by Crippen LogP contribution is 2.16. The molecule has 2 heterocycles. The predicted octanol–water partition coefficient (Wildman–Crippen LogP) is 2.59. The fourth-order valence-corrected chi connectivity index (χ4v) is 2.24. The van der Waals surface area contributed by atoms with Gasteiger partial charge in [-0.3, -0.25) is 9.67 Å².